The third-order valence-electron chi connectivity index (χ3n) is 2.93. The van der Waals surface area contributed by atoms with E-state index in [9.17, 15) is 0 Å². The lowest BCUT2D eigenvalue weighted by Gasteiger charge is -2.06. The number of fused-ring (bicyclic) bond motifs is 1. The first-order valence-corrected chi connectivity index (χ1v) is 6.41. The molecule has 0 amide bonds. The smallest absolute Gasteiger partial charge is 0.0581 e. The first kappa shape index (κ1) is 10.4. The van der Waals surface area contributed by atoms with E-state index in [4.69, 9.17) is 5.73 Å². The van der Waals surface area contributed by atoms with Crippen LogP contribution < -0.4 is 5.73 Å². The van der Waals surface area contributed by atoms with Crippen LogP contribution in [0.25, 0.3) is 21.2 Å². The van der Waals surface area contributed by atoms with Gasteiger partial charge >= 0.3 is 0 Å². The average Bonchev–Trinajstić information content (AvgIpc) is 2.72. The van der Waals surface area contributed by atoms with Gasteiger partial charge in [0.2, 0.25) is 0 Å². The van der Waals surface area contributed by atoms with Crippen LogP contribution in [0, 0.1) is 6.92 Å². The van der Waals surface area contributed by atoms with Crippen LogP contribution in [0.2, 0.25) is 0 Å². The van der Waals surface area contributed by atoms with E-state index in [1.165, 1.54) is 20.5 Å². The summed E-state index contributed by atoms with van der Waals surface area (Å²) in [5.74, 6) is 0. The number of hydrogen-bond acceptors (Lipinski definition) is 2. The normalized spacial score (nSPS) is 10.9. The van der Waals surface area contributed by atoms with Crippen LogP contribution in [0.1, 0.15) is 4.88 Å². The molecular formula is C15H13NS. The highest BCUT2D eigenvalue weighted by molar-refractivity contribution is 7.19. The van der Waals surface area contributed by atoms with Crippen molar-refractivity contribution in [3.05, 3.63) is 53.4 Å². The fourth-order valence-corrected chi connectivity index (χ4v) is 3.10. The molecule has 0 unspecified atom stereocenters. The van der Waals surface area contributed by atoms with E-state index >= 15 is 0 Å². The van der Waals surface area contributed by atoms with Crippen molar-refractivity contribution in [3.63, 3.8) is 0 Å². The first-order valence-electron chi connectivity index (χ1n) is 5.60. The summed E-state index contributed by atoms with van der Waals surface area (Å²) in [6.45, 7) is 2.12. The molecule has 0 saturated carbocycles. The van der Waals surface area contributed by atoms with Crippen molar-refractivity contribution >= 4 is 27.1 Å². The van der Waals surface area contributed by atoms with Crippen LogP contribution in [0.15, 0.2) is 48.5 Å². The first-order chi connectivity index (χ1) is 8.25. The third kappa shape index (κ3) is 1.71. The summed E-state index contributed by atoms with van der Waals surface area (Å²) >= 11 is 1.76. The number of rotatable bonds is 1. The zero-order valence-electron chi connectivity index (χ0n) is 9.60. The number of hydrogen-bond donors (Lipinski definition) is 1. The summed E-state index contributed by atoms with van der Waals surface area (Å²) in [4.78, 5) is 1.30. The highest BCUT2D eigenvalue weighted by Gasteiger charge is 2.08. The number of thiophene rings is 1. The standard InChI is InChI=1S/C15H13NS/c1-10-9-12-7-8-13(14(16)15(12)17-10)11-5-3-2-4-6-11/h2-9H,16H2,1H3. The van der Waals surface area contributed by atoms with Gasteiger partial charge in [0.15, 0.2) is 0 Å². The van der Waals surface area contributed by atoms with Crippen molar-refractivity contribution in [2.24, 2.45) is 0 Å². The van der Waals surface area contributed by atoms with E-state index in [0.29, 0.717) is 0 Å². The quantitative estimate of drug-likeness (QED) is 0.623. The molecule has 0 radical (unpaired) electrons. The Morgan fingerprint density at radius 2 is 1.76 bits per heavy atom. The molecule has 1 aromatic heterocycles. The Morgan fingerprint density at radius 1 is 1.00 bits per heavy atom. The monoisotopic (exact) mass is 239 g/mol. The Balaban J connectivity index is 2.28. The summed E-state index contributed by atoms with van der Waals surface area (Å²) in [5.41, 5.74) is 9.47. The zero-order chi connectivity index (χ0) is 11.8. The van der Waals surface area contributed by atoms with Gasteiger partial charge in [0, 0.05) is 10.4 Å². The molecule has 0 aliphatic carbocycles. The molecule has 0 atom stereocenters. The predicted octanol–water partition coefficient (Wildman–Crippen LogP) is 4.46. The third-order valence-corrected chi connectivity index (χ3v) is 4.03. The fourth-order valence-electron chi connectivity index (χ4n) is 2.12. The molecule has 17 heavy (non-hydrogen) atoms. The SMILES string of the molecule is Cc1cc2ccc(-c3ccccc3)c(N)c2s1. The van der Waals surface area contributed by atoms with Gasteiger partial charge in [0.1, 0.15) is 0 Å². The van der Waals surface area contributed by atoms with Gasteiger partial charge in [-0.25, -0.2) is 0 Å². The maximum absolute atomic E-state index is 6.27. The van der Waals surface area contributed by atoms with Gasteiger partial charge < -0.3 is 5.73 Å². The maximum atomic E-state index is 6.27. The molecule has 3 aromatic rings. The second-order valence-corrected chi connectivity index (χ2v) is 5.42. The van der Waals surface area contributed by atoms with Crippen LogP contribution in [-0.4, -0.2) is 0 Å². The number of aryl methyl sites for hydroxylation is 1. The molecule has 0 bridgehead atoms. The summed E-state index contributed by atoms with van der Waals surface area (Å²) in [6, 6.07) is 16.7. The fraction of sp³-hybridized carbons (Fsp3) is 0.0667. The van der Waals surface area contributed by atoms with E-state index < -0.39 is 0 Å². The summed E-state index contributed by atoms with van der Waals surface area (Å²) in [5, 5.41) is 1.24. The van der Waals surface area contributed by atoms with Gasteiger partial charge in [-0.05, 0) is 23.9 Å². The molecule has 2 aromatic carbocycles. The van der Waals surface area contributed by atoms with Gasteiger partial charge in [-0.1, -0.05) is 42.5 Å². The molecule has 1 heterocycles. The molecule has 2 heteroatoms. The minimum absolute atomic E-state index is 0.895. The van der Waals surface area contributed by atoms with Crippen molar-refractivity contribution < 1.29 is 0 Å². The van der Waals surface area contributed by atoms with Gasteiger partial charge in [-0.3, -0.25) is 0 Å². The van der Waals surface area contributed by atoms with Crippen molar-refractivity contribution in [2.45, 2.75) is 6.92 Å². The lowest BCUT2D eigenvalue weighted by atomic mass is 10.0. The van der Waals surface area contributed by atoms with E-state index in [-0.39, 0.29) is 0 Å². The van der Waals surface area contributed by atoms with Crippen molar-refractivity contribution in [1.29, 1.82) is 0 Å². The van der Waals surface area contributed by atoms with Crippen LogP contribution in [-0.2, 0) is 0 Å². The average molecular weight is 239 g/mol. The number of nitrogen functional groups attached to an aromatic ring is 1. The molecule has 2 N–H and O–H groups in total. The Morgan fingerprint density at radius 3 is 2.53 bits per heavy atom. The highest BCUT2D eigenvalue weighted by atomic mass is 32.1. The molecule has 3 rings (SSSR count). The van der Waals surface area contributed by atoms with Crippen molar-refractivity contribution in [3.8, 4) is 11.1 Å². The summed E-state index contributed by atoms with van der Waals surface area (Å²) in [7, 11) is 0. The van der Waals surface area contributed by atoms with Crippen molar-refractivity contribution in [2.75, 3.05) is 5.73 Å². The largest absolute Gasteiger partial charge is 0.397 e. The molecule has 0 spiro atoms. The second kappa shape index (κ2) is 3.90. The summed E-state index contributed by atoms with van der Waals surface area (Å²) in [6.07, 6.45) is 0. The Kier molecular flexibility index (Phi) is 2.37. The molecule has 84 valence electrons. The lowest BCUT2D eigenvalue weighted by Crippen LogP contribution is -1.89. The maximum Gasteiger partial charge on any atom is 0.0581 e. The molecule has 0 aliphatic heterocycles. The molecular weight excluding hydrogens is 226 g/mol. The second-order valence-electron chi connectivity index (χ2n) is 4.17. The van der Waals surface area contributed by atoms with Gasteiger partial charge in [-0.2, -0.15) is 0 Å². The zero-order valence-corrected chi connectivity index (χ0v) is 10.4. The minimum atomic E-state index is 0.895. The number of nitrogens with two attached hydrogens (primary N) is 1. The Labute approximate surface area is 105 Å². The minimum Gasteiger partial charge on any atom is -0.397 e. The molecule has 0 aliphatic rings. The molecule has 0 fully saturated rings. The Bertz CT molecular complexity index is 668. The van der Waals surface area contributed by atoms with E-state index in [2.05, 4.69) is 37.3 Å². The van der Waals surface area contributed by atoms with Gasteiger partial charge in [-0.15, -0.1) is 11.3 Å². The number of benzene rings is 2. The lowest BCUT2D eigenvalue weighted by molar-refractivity contribution is 1.64. The number of anilines is 1. The molecule has 0 saturated heterocycles. The topological polar surface area (TPSA) is 26.0 Å². The Hall–Kier alpha value is -1.80. The van der Waals surface area contributed by atoms with Crippen LogP contribution >= 0.6 is 11.3 Å². The van der Waals surface area contributed by atoms with Gasteiger partial charge in [0.05, 0.1) is 10.4 Å². The van der Waals surface area contributed by atoms with Crippen LogP contribution in [0.5, 0.6) is 0 Å². The molecule has 1 nitrogen and oxygen atoms in total. The van der Waals surface area contributed by atoms with Gasteiger partial charge in [0.25, 0.3) is 0 Å². The summed E-state index contributed by atoms with van der Waals surface area (Å²) < 4.78 is 1.20. The predicted molar refractivity (Wildman–Crippen MR) is 76.4 cm³/mol. The van der Waals surface area contributed by atoms with E-state index in [0.717, 1.165) is 11.3 Å². The highest BCUT2D eigenvalue weighted by Crippen LogP contribution is 2.36. The van der Waals surface area contributed by atoms with Crippen molar-refractivity contribution in [1.82, 2.24) is 0 Å². The van der Waals surface area contributed by atoms with E-state index in [1.54, 1.807) is 11.3 Å². The van der Waals surface area contributed by atoms with Crippen LogP contribution in [0.4, 0.5) is 5.69 Å². The van der Waals surface area contributed by atoms with Crippen LogP contribution in [0.3, 0.4) is 0 Å². The van der Waals surface area contributed by atoms with E-state index in [1.807, 2.05) is 18.2 Å².